The van der Waals surface area contributed by atoms with E-state index in [-0.39, 0.29) is 14.9 Å². The summed E-state index contributed by atoms with van der Waals surface area (Å²) in [5, 5.41) is 0. The van der Waals surface area contributed by atoms with Crippen LogP contribution in [-0.4, -0.2) is 3.81 Å². The van der Waals surface area contributed by atoms with E-state index < -0.39 is 0 Å². The Morgan fingerprint density at radius 3 is 2.38 bits per heavy atom. The van der Waals surface area contributed by atoms with E-state index in [1.54, 1.807) is 0 Å². The van der Waals surface area contributed by atoms with Crippen LogP contribution in [0.25, 0.3) is 16.7 Å². The zero-order valence-electron chi connectivity index (χ0n) is 15.1. The first kappa shape index (κ1) is 20.5. The smallest absolute Gasteiger partial charge is 0.0195 e. The summed E-state index contributed by atoms with van der Waals surface area (Å²) < 4.78 is 1.42. The van der Waals surface area contributed by atoms with E-state index in [9.17, 15) is 0 Å². The Balaban J connectivity index is 0.000000438. The van der Waals surface area contributed by atoms with Gasteiger partial charge in [-0.05, 0) is 18.4 Å². The third-order valence-corrected chi connectivity index (χ3v) is 3.82. The van der Waals surface area contributed by atoms with Gasteiger partial charge in [0.25, 0.3) is 0 Å². The van der Waals surface area contributed by atoms with Gasteiger partial charge in [-0.1, -0.05) is 47.5 Å². The Morgan fingerprint density at radius 2 is 1.71 bits per heavy atom. The standard InChI is InChI=1S/C18H13.C3H6.2CH3.Ti/c1-2-6-13(5-1)14-9-10-18-16(11-14)12-15-7-3-4-8-17(15)18;1-3-2;;;/h1-5,7-10H,6,12H2;1-2H3;2*1H3;/q-1;;2*-1;. The maximum atomic E-state index is 3.61. The van der Waals surface area contributed by atoms with Gasteiger partial charge in [-0.3, -0.25) is 0 Å². The maximum absolute atomic E-state index is 3.61. The van der Waals surface area contributed by atoms with Crippen LogP contribution in [0.15, 0.2) is 54.6 Å². The van der Waals surface area contributed by atoms with Crippen LogP contribution in [0.3, 0.4) is 0 Å². The average Bonchev–Trinajstić information content (AvgIpc) is 3.13. The summed E-state index contributed by atoms with van der Waals surface area (Å²) in [6, 6.07) is 16.7. The topological polar surface area (TPSA) is 0 Å². The summed E-state index contributed by atoms with van der Waals surface area (Å²) in [5.74, 6) is 0. The molecule has 1 heteroatoms. The second kappa shape index (κ2) is 9.11. The van der Waals surface area contributed by atoms with E-state index in [2.05, 4.69) is 94.5 Å². The van der Waals surface area contributed by atoms with Gasteiger partial charge in [0.05, 0.1) is 0 Å². The van der Waals surface area contributed by atoms with Crippen molar-refractivity contribution >= 4 is 9.38 Å². The predicted molar refractivity (Wildman–Crippen MR) is 104 cm³/mol. The SMILES string of the molecule is C[C](C)=[Ti].[CH3-].[CH3-].[c-]1c(C2=CC=CC2)ccc2c1Cc1ccccc1-2. The summed E-state index contributed by atoms with van der Waals surface area (Å²) >= 11 is 2.08. The first-order valence-corrected chi connectivity index (χ1v) is 8.44. The Hall–Kier alpha value is -1.50. The van der Waals surface area contributed by atoms with Crippen molar-refractivity contribution in [1.29, 1.82) is 0 Å². The first-order valence-electron chi connectivity index (χ1n) is 7.66. The van der Waals surface area contributed by atoms with Crippen molar-refractivity contribution in [2.24, 2.45) is 0 Å². The molecule has 4 rings (SSSR count). The largest absolute Gasteiger partial charge is 0.358 e. The molecule has 0 atom stereocenters. The monoisotopic (exact) mass is 349 g/mol. The van der Waals surface area contributed by atoms with Crippen LogP contribution >= 0.6 is 0 Å². The quantitative estimate of drug-likeness (QED) is 0.371. The molecule has 0 nitrogen and oxygen atoms in total. The Bertz CT molecular complexity index is 774. The first-order chi connectivity index (χ1) is 10.6. The van der Waals surface area contributed by atoms with Crippen molar-refractivity contribution in [1.82, 2.24) is 0 Å². The molecule has 0 radical (unpaired) electrons. The third kappa shape index (κ3) is 4.53. The molecule has 124 valence electrons. The average molecular weight is 349 g/mol. The van der Waals surface area contributed by atoms with Crippen molar-refractivity contribution in [3.05, 3.63) is 92.2 Å². The molecule has 24 heavy (non-hydrogen) atoms. The van der Waals surface area contributed by atoms with Crippen LogP contribution < -0.4 is 0 Å². The van der Waals surface area contributed by atoms with Gasteiger partial charge in [0.15, 0.2) is 0 Å². The van der Waals surface area contributed by atoms with E-state index in [1.807, 2.05) is 0 Å². The molecule has 0 saturated heterocycles. The molecule has 2 aromatic carbocycles. The Labute approximate surface area is 159 Å². The minimum absolute atomic E-state index is 0. The minimum atomic E-state index is 0. The second-order valence-corrected chi connectivity index (χ2v) is 7.48. The van der Waals surface area contributed by atoms with E-state index in [4.69, 9.17) is 0 Å². The van der Waals surface area contributed by atoms with Gasteiger partial charge in [-0.2, -0.15) is 0 Å². The summed E-state index contributed by atoms with van der Waals surface area (Å²) in [4.78, 5) is 0. The van der Waals surface area contributed by atoms with Crippen molar-refractivity contribution in [2.45, 2.75) is 26.7 Å². The van der Waals surface area contributed by atoms with Gasteiger partial charge >= 0.3 is 37.6 Å². The van der Waals surface area contributed by atoms with Crippen LogP contribution in [0.5, 0.6) is 0 Å². The fourth-order valence-electron chi connectivity index (χ4n) is 2.89. The zero-order chi connectivity index (χ0) is 15.5. The van der Waals surface area contributed by atoms with Crippen molar-refractivity contribution in [3.8, 4) is 11.1 Å². The Kier molecular flexibility index (Phi) is 7.80. The summed E-state index contributed by atoms with van der Waals surface area (Å²) in [6.45, 7) is 4.17. The Morgan fingerprint density at radius 1 is 1.00 bits per heavy atom. The fourth-order valence-corrected chi connectivity index (χ4v) is 2.89. The molecule has 0 bridgehead atoms. The summed E-state index contributed by atoms with van der Waals surface area (Å²) in [7, 11) is 0. The minimum Gasteiger partial charge on any atom is -0.358 e. The summed E-state index contributed by atoms with van der Waals surface area (Å²) in [6.07, 6.45) is 8.60. The number of rotatable bonds is 1. The van der Waals surface area contributed by atoms with Gasteiger partial charge in [0.1, 0.15) is 0 Å². The van der Waals surface area contributed by atoms with Crippen LogP contribution in [-0.2, 0) is 26.4 Å². The normalized spacial score (nSPS) is 12.6. The third-order valence-electron chi connectivity index (χ3n) is 3.82. The maximum Gasteiger partial charge on any atom is -0.0195 e. The van der Waals surface area contributed by atoms with Gasteiger partial charge in [0, 0.05) is 0 Å². The molecule has 0 N–H and O–H groups in total. The van der Waals surface area contributed by atoms with Crippen LogP contribution in [0.2, 0.25) is 0 Å². The number of allylic oxidation sites excluding steroid dienone is 4. The fraction of sp³-hybridized carbons (Fsp3) is 0.174. The molecule has 0 spiro atoms. The van der Waals surface area contributed by atoms with Crippen LogP contribution in [0.1, 0.15) is 37.0 Å². The molecule has 2 aliphatic rings. The van der Waals surface area contributed by atoms with E-state index in [1.165, 1.54) is 37.2 Å². The molecule has 0 aliphatic heterocycles. The molecule has 0 amide bonds. The second-order valence-electron chi connectivity index (χ2n) is 5.92. The predicted octanol–water partition coefficient (Wildman–Crippen LogP) is 6.05. The number of hydrogen-bond donors (Lipinski definition) is 0. The van der Waals surface area contributed by atoms with Crippen molar-refractivity contribution in [3.63, 3.8) is 0 Å². The van der Waals surface area contributed by atoms with E-state index >= 15 is 0 Å². The number of fused-ring (bicyclic) bond motifs is 3. The molecule has 2 aliphatic carbocycles. The molecule has 0 fully saturated rings. The van der Waals surface area contributed by atoms with Gasteiger partial charge in [-0.15, -0.1) is 41.0 Å². The van der Waals surface area contributed by atoms with Crippen LogP contribution in [0, 0.1) is 20.9 Å². The molecule has 2 aromatic rings. The van der Waals surface area contributed by atoms with Gasteiger partial charge < -0.3 is 14.9 Å². The molecular weight excluding hydrogens is 324 g/mol. The molecule has 0 aromatic heterocycles. The molecule has 0 saturated carbocycles. The summed E-state index contributed by atoms with van der Waals surface area (Å²) in [5.41, 5.74) is 8.16. The van der Waals surface area contributed by atoms with Crippen LogP contribution in [0.4, 0.5) is 0 Å². The van der Waals surface area contributed by atoms with Crippen molar-refractivity contribution < 1.29 is 20.0 Å². The molecular formula is C23H25Ti-3. The van der Waals surface area contributed by atoms with Crippen molar-refractivity contribution in [2.75, 3.05) is 0 Å². The molecule has 0 heterocycles. The van der Waals surface area contributed by atoms with Gasteiger partial charge in [-0.25, -0.2) is 0 Å². The van der Waals surface area contributed by atoms with E-state index in [0.29, 0.717) is 0 Å². The van der Waals surface area contributed by atoms with E-state index in [0.717, 1.165) is 12.8 Å². The zero-order valence-corrected chi connectivity index (χ0v) is 16.7. The number of hydrogen-bond acceptors (Lipinski definition) is 0. The molecule has 0 unspecified atom stereocenters. The number of benzene rings is 2. The van der Waals surface area contributed by atoms with Gasteiger partial charge in [0.2, 0.25) is 0 Å².